The Kier molecular flexibility index (Phi) is 6.15. The number of aromatic amines is 1. The number of nitrogens with zero attached hydrogens (tertiary/aromatic N) is 3. The first-order valence-corrected chi connectivity index (χ1v) is 11.7. The van der Waals surface area contributed by atoms with Crippen molar-refractivity contribution in [1.29, 1.82) is 0 Å². The van der Waals surface area contributed by atoms with Crippen LogP contribution >= 0.6 is 0 Å². The van der Waals surface area contributed by atoms with E-state index in [0.717, 1.165) is 28.6 Å². The fourth-order valence-electron chi connectivity index (χ4n) is 4.86. The molecule has 0 bridgehead atoms. The van der Waals surface area contributed by atoms with Gasteiger partial charge in [-0.25, -0.2) is 0 Å². The number of ether oxygens (including phenoxy) is 2. The van der Waals surface area contributed by atoms with E-state index in [2.05, 4.69) is 9.88 Å². The molecule has 2 amide bonds. The van der Waals surface area contributed by atoms with Crippen molar-refractivity contribution in [1.82, 2.24) is 19.7 Å². The summed E-state index contributed by atoms with van der Waals surface area (Å²) in [6.45, 7) is 4.24. The molecule has 0 radical (unpaired) electrons. The lowest BCUT2D eigenvalue weighted by Crippen LogP contribution is -2.52. The highest BCUT2D eigenvalue weighted by Crippen LogP contribution is 2.33. The van der Waals surface area contributed by atoms with Crippen LogP contribution in [-0.2, 0) is 17.8 Å². The first-order chi connectivity index (χ1) is 16.6. The monoisotopic (exact) mass is 462 g/mol. The Balaban J connectivity index is 1.16. The predicted molar refractivity (Wildman–Crippen MR) is 129 cm³/mol. The fourth-order valence-corrected chi connectivity index (χ4v) is 4.86. The van der Waals surface area contributed by atoms with Gasteiger partial charge in [-0.05, 0) is 41.8 Å². The summed E-state index contributed by atoms with van der Waals surface area (Å²) in [7, 11) is 3.26. The molecule has 5 rings (SSSR count). The summed E-state index contributed by atoms with van der Waals surface area (Å²) in [5.74, 6) is 1.54. The van der Waals surface area contributed by atoms with Gasteiger partial charge in [-0.1, -0.05) is 18.2 Å². The Hall–Kier alpha value is -3.52. The van der Waals surface area contributed by atoms with E-state index in [0.29, 0.717) is 57.3 Å². The lowest BCUT2D eigenvalue weighted by atomic mass is 9.98. The number of carbonyl (C=O) groups excluding carboxylic acids is 2. The van der Waals surface area contributed by atoms with Gasteiger partial charge in [0.15, 0.2) is 11.5 Å². The molecule has 2 aliphatic rings. The third-order valence-electron chi connectivity index (χ3n) is 6.85. The summed E-state index contributed by atoms with van der Waals surface area (Å²) in [5, 5.41) is 1.04. The van der Waals surface area contributed by atoms with Crippen molar-refractivity contribution in [2.45, 2.75) is 13.0 Å². The van der Waals surface area contributed by atoms with E-state index in [-0.39, 0.29) is 11.8 Å². The number of piperazine rings is 1. The molecule has 1 fully saturated rings. The van der Waals surface area contributed by atoms with Gasteiger partial charge >= 0.3 is 0 Å². The van der Waals surface area contributed by atoms with Crippen molar-refractivity contribution in [2.24, 2.45) is 0 Å². The number of nitrogens with one attached hydrogen (secondary N) is 1. The Bertz CT molecular complexity index is 1180. The number of hydrogen-bond donors (Lipinski definition) is 1. The number of benzene rings is 2. The van der Waals surface area contributed by atoms with Crippen LogP contribution in [0, 0.1) is 0 Å². The van der Waals surface area contributed by atoms with Crippen molar-refractivity contribution in [2.75, 3.05) is 53.5 Å². The standard InChI is InChI=1S/C26H30N4O4/c1-33-23-14-18-7-8-30(16-20(18)15-24(23)34-2)25(31)17-28-9-11-29(12-10-28)26(32)22-13-19-5-3-4-6-21(19)27-22/h3-6,13-15,27H,7-12,16-17H2,1-2H3. The highest BCUT2D eigenvalue weighted by atomic mass is 16.5. The first-order valence-electron chi connectivity index (χ1n) is 11.7. The average Bonchev–Trinajstić information content (AvgIpc) is 3.32. The topological polar surface area (TPSA) is 78.1 Å². The molecule has 2 aromatic carbocycles. The molecule has 1 aromatic heterocycles. The van der Waals surface area contributed by atoms with E-state index in [1.807, 2.05) is 52.3 Å². The van der Waals surface area contributed by atoms with E-state index < -0.39 is 0 Å². The summed E-state index contributed by atoms with van der Waals surface area (Å²) in [5.41, 5.74) is 3.89. The van der Waals surface area contributed by atoms with Gasteiger partial charge < -0.3 is 24.3 Å². The molecular formula is C26H30N4O4. The first kappa shape index (κ1) is 22.3. The smallest absolute Gasteiger partial charge is 0.270 e. The molecule has 3 aromatic rings. The van der Waals surface area contributed by atoms with Gasteiger partial charge in [-0.3, -0.25) is 14.5 Å². The molecule has 0 spiro atoms. The Morgan fingerprint density at radius 1 is 0.882 bits per heavy atom. The molecule has 1 N–H and O–H groups in total. The van der Waals surface area contributed by atoms with Crippen molar-refractivity contribution in [3.8, 4) is 11.5 Å². The number of hydrogen-bond acceptors (Lipinski definition) is 5. The van der Waals surface area contributed by atoms with E-state index >= 15 is 0 Å². The molecule has 0 saturated carbocycles. The Morgan fingerprint density at radius 3 is 2.29 bits per heavy atom. The van der Waals surface area contributed by atoms with Gasteiger partial charge in [0.05, 0.1) is 20.8 Å². The van der Waals surface area contributed by atoms with Crippen molar-refractivity contribution in [3.05, 3.63) is 59.3 Å². The minimum Gasteiger partial charge on any atom is -0.493 e. The van der Waals surface area contributed by atoms with Gasteiger partial charge in [0.1, 0.15) is 5.69 Å². The van der Waals surface area contributed by atoms with Crippen LogP contribution in [-0.4, -0.2) is 85.0 Å². The van der Waals surface area contributed by atoms with Gasteiger partial charge in [0.25, 0.3) is 5.91 Å². The van der Waals surface area contributed by atoms with Crippen LogP contribution in [0.5, 0.6) is 11.5 Å². The minimum absolute atomic E-state index is 0.0131. The van der Waals surface area contributed by atoms with Crippen LogP contribution in [0.15, 0.2) is 42.5 Å². The van der Waals surface area contributed by atoms with Crippen molar-refractivity contribution in [3.63, 3.8) is 0 Å². The maximum Gasteiger partial charge on any atom is 0.270 e. The number of para-hydroxylation sites is 1. The quantitative estimate of drug-likeness (QED) is 0.631. The second kappa shape index (κ2) is 9.38. The zero-order chi connectivity index (χ0) is 23.7. The normalized spacial score (nSPS) is 16.4. The number of aromatic nitrogens is 1. The van der Waals surface area contributed by atoms with Crippen LogP contribution in [0.25, 0.3) is 10.9 Å². The number of rotatable bonds is 5. The number of carbonyl (C=O) groups is 2. The molecule has 8 heteroatoms. The SMILES string of the molecule is COc1cc2c(cc1OC)CN(C(=O)CN1CCN(C(=O)c3cc4ccccc4[nH]3)CC1)CC2. The zero-order valence-corrected chi connectivity index (χ0v) is 19.7. The molecule has 8 nitrogen and oxygen atoms in total. The van der Waals surface area contributed by atoms with E-state index in [4.69, 9.17) is 9.47 Å². The van der Waals surface area contributed by atoms with Gasteiger partial charge in [-0.2, -0.15) is 0 Å². The minimum atomic E-state index is 0.0131. The molecule has 0 aliphatic carbocycles. The van der Waals surface area contributed by atoms with Crippen LogP contribution in [0.2, 0.25) is 0 Å². The van der Waals surface area contributed by atoms with E-state index in [1.54, 1.807) is 14.2 Å². The van der Waals surface area contributed by atoms with Crippen LogP contribution in [0.3, 0.4) is 0 Å². The third kappa shape index (κ3) is 4.33. The molecule has 1 saturated heterocycles. The molecule has 34 heavy (non-hydrogen) atoms. The summed E-state index contributed by atoms with van der Waals surface area (Å²) >= 11 is 0. The van der Waals surface area contributed by atoms with E-state index in [1.165, 1.54) is 5.56 Å². The molecule has 2 aliphatic heterocycles. The second-order valence-electron chi connectivity index (χ2n) is 8.88. The molecule has 0 atom stereocenters. The van der Waals surface area contributed by atoms with Crippen LogP contribution in [0.1, 0.15) is 21.6 Å². The highest BCUT2D eigenvalue weighted by molar-refractivity contribution is 5.98. The molecule has 0 unspecified atom stereocenters. The lowest BCUT2D eigenvalue weighted by Gasteiger charge is -2.36. The van der Waals surface area contributed by atoms with Crippen LogP contribution < -0.4 is 9.47 Å². The molecule has 3 heterocycles. The Morgan fingerprint density at radius 2 is 1.59 bits per heavy atom. The fraction of sp³-hybridized carbons (Fsp3) is 0.385. The van der Waals surface area contributed by atoms with Crippen molar-refractivity contribution < 1.29 is 19.1 Å². The number of methoxy groups -OCH3 is 2. The maximum absolute atomic E-state index is 13.0. The highest BCUT2D eigenvalue weighted by Gasteiger charge is 2.27. The van der Waals surface area contributed by atoms with Crippen molar-refractivity contribution >= 4 is 22.7 Å². The lowest BCUT2D eigenvalue weighted by molar-refractivity contribution is -0.133. The summed E-state index contributed by atoms with van der Waals surface area (Å²) in [6, 6.07) is 13.8. The number of amides is 2. The third-order valence-corrected chi connectivity index (χ3v) is 6.85. The van der Waals surface area contributed by atoms with Gasteiger partial charge in [-0.15, -0.1) is 0 Å². The molecule has 178 valence electrons. The predicted octanol–water partition coefficient (Wildman–Crippen LogP) is 2.53. The van der Waals surface area contributed by atoms with E-state index in [9.17, 15) is 9.59 Å². The zero-order valence-electron chi connectivity index (χ0n) is 19.7. The van der Waals surface area contributed by atoms with Gasteiger partial charge in [0.2, 0.25) is 5.91 Å². The number of fused-ring (bicyclic) bond motifs is 2. The van der Waals surface area contributed by atoms with Gasteiger partial charge in [0, 0.05) is 50.2 Å². The summed E-state index contributed by atoms with van der Waals surface area (Å²) < 4.78 is 10.8. The Labute approximate surface area is 199 Å². The largest absolute Gasteiger partial charge is 0.493 e. The van der Waals surface area contributed by atoms with Crippen LogP contribution in [0.4, 0.5) is 0 Å². The summed E-state index contributed by atoms with van der Waals surface area (Å²) in [6.07, 6.45) is 0.800. The second-order valence-corrected chi connectivity index (χ2v) is 8.88. The number of H-pyrrole nitrogens is 1. The maximum atomic E-state index is 13.0. The summed E-state index contributed by atoms with van der Waals surface area (Å²) in [4.78, 5) is 35.1. The molecular weight excluding hydrogens is 432 g/mol. The average molecular weight is 463 g/mol.